The quantitative estimate of drug-likeness (QED) is 0.0162. The Bertz CT molecular complexity index is 6770. The highest BCUT2D eigenvalue weighted by atomic mass is 32.2. The summed E-state index contributed by atoms with van der Waals surface area (Å²) in [5.74, 6) is 2.53. The number of unbranched alkanes of at least 4 members (excludes halogenated alkanes) is 6. The van der Waals surface area contributed by atoms with Gasteiger partial charge in [0.25, 0.3) is 60.1 Å². The molecule has 10 aliphatic rings. The van der Waals surface area contributed by atoms with Crippen LogP contribution in [0.2, 0.25) is 0 Å². The molecule has 150 heavy (non-hydrogen) atoms. The first-order valence-electron chi connectivity index (χ1n) is 50.6. The van der Waals surface area contributed by atoms with Crippen LogP contribution in [0, 0.1) is 27.6 Å². The average Bonchev–Trinajstić information content (AvgIpc) is 1.69. The third-order valence-corrected chi connectivity index (χ3v) is 33.0. The Morgan fingerprint density at radius 3 is 0.927 bits per heavy atom. The van der Waals surface area contributed by atoms with E-state index in [2.05, 4.69) is 74.7 Å². The van der Waals surface area contributed by atoms with Gasteiger partial charge in [-0.1, -0.05) is 181 Å². The predicted molar refractivity (Wildman–Crippen MR) is 582 cm³/mol. The zero-order valence-electron chi connectivity index (χ0n) is 87.5. The summed E-state index contributed by atoms with van der Waals surface area (Å²) in [7, 11) is -21.3. The van der Waals surface area contributed by atoms with E-state index in [-0.39, 0.29) is 127 Å². The molecule has 2 saturated carbocycles. The lowest BCUT2D eigenvalue weighted by Gasteiger charge is -2.31. The lowest BCUT2D eigenvalue weighted by atomic mass is 9.94. The Hall–Kier alpha value is -12.4. The van der Waals surface area contributed by atoms with E-state index >= 15 is 0 Å². The van der Waals surface area contributed by atoms with Crippen LogP contribution in [0.3, 0.4) is 0 Å². The maximum Gasteiger partial charge on any atom is 0.259 e. The monoisotopic (exact) mass is 2190 g/mol. The summed E-state index contributed by atoms with van der Waals surface area (Å²) >= 11 is 0. The van der Waals surface area contributed by atoms with Gasteiger partial charge in [0.2, 0.25) is 23.6 Å². The van der Waals surface area contributed by atoms with Gasteiger partial charge in [0.15, 0.2) is 0 Å². The van der Waals surface area contributed by atoms with Crippen LogP contribution in [0.1, 0.15) is 258 Å². The van der Waals surface area contributed by atoms with Gasteiger partial charge in [-0.3, -0.25) is 19.2 Å². The first kappa shape index (κ1) is 118. The Morgan fingerprint density at radius 1 is 0.380 bits per heavy atom. The fourth-order valence-electron chi connectivity index (χ4n) is 17.9. The van der Waals surface area contributed by atoms with Crippen molar-refractivity contribution in [1.29, 1.82) is 0 Å². The zero-order valence-corrected chi connectivity index (χ0v) is 92.4. The minimum atomic E-state index is -3.57. The number of nitrogens with zero attached hydrogens (tertiary/aromatic N) is 8. The van der Waals surface area contributed by atoms with Crippen molar-refractivity contribution in [2.45, 2.75) is 238 Å². The standard InChI is InChI=1S/C19H29N3O4S.C18H25N3O4S.C17H23N3O4S.2C17H23N3O3S.C16H23N3O4S/c1-19(2,3)18(23)21-11-6-4-5-7-12-26-15-10-8-9-14-13-27(24,25)22-17(20)16(14)15;1-18(2,3)17(22)21-9-5-7-13(21)10-25-14-8-4-6-12-11-26(23,24)20-16(19)15(12)14;1-11(2)17(21)20-8-4-6-13(20)9-24-14-7-3-5-12-10-25(22,23)19-16(18)15(12)14;2*1-3-9-19-12(2)17(7-8-17)11-23-14-6-4-5-13-10-24(21,22)20-16(18)15(13)14;1-12(20)18-9-4-2-3-5-10-23-14-8-6-7-13-11-24(21,22)19-16(17)15(13)14/h8-10H,4-7,11-13H2,1-3H3,(H2,20,22)(H,21,23);4,6,8,13H,5,7,9-11H2,1-3H3,(H2,19,20);3,5,7,11,13H,4,6,8-10H2,1-2H3,(H2,18,19);2*4-6,19H,2-3,7-11H2,1H3,(H2,18,20);6-8H,2-5,9-11H2,1H3,(H2,17,19)(H,18,20)/t;2*13-;;;/m.11.../s1. The van der Waals surface area contributed by atoms with Crippen LogP contribution >= 0.6 is 0 Å². The van der Waals surface area contributed by atoms with Gasteiger partial charge in [-0.25, -0.2) is 50.5 Å². The van der Waals surface area contributed by atoms with Crippen molar-refractivity contribution in [1.82, 2.24) is 31.1 Å². The topological polar surface area (TPSA) is 613 Å². The Balaban J connectivity index is 0.000000171. The molecule has 0 aromatic heterocycles. The molecule has 2 saturated heterocycles. The largest absolute Gasteiger partial charge is 0.493 e. The Labute approximate surface area is 882 Å². The molecule has 0 bridgehead atoms. The zero-order chi connectivity index (χ0) is 110. The average molecular weight is 2190 g/mol. The number of sulfonamides is 6. The fraction of sp³-hybridized carbons (Fsp3) is 0.519. The van der Waals surface area contributed by atoms with Gasteiger partial charge in [-0.2, -0.15) is 0 Å². The van der Waals surface area contributed by atoms with Crippen molar-refractivity contribution < 1.29 is 98.1 Å². The van der Waals surface area contributed by atoms with Crippen molar-refractivity contribution in [2.24, 2.45) is 88.4 Å². The Kier molecular flexibility index (Phi) is 39.8. The maximum absolute atomic E-state index is 12.6. The first-order chi connectivity index (χ1) is 70.6. The van der Waals surface area contributed by atoms with Gasteiger partial charge in [0.05, 0.1) is 106 Å². The summed E-state index contributed by atoms with van der Waals surface area (Å²) in [6, 6.07) is 31.6. The predicted octanol–water partition coefficient (Wildman–Crippen LogP) is 10.4. The summed E-state index contributed by atoms with van der Waals surface area (Å²) in [5, 5.41) is 12.4. The summed E-state index contributed by atoms with van der Waals surface area (Å²) in [6.45, 7) is 36.7. The SMILES string of the molecule is C=C(NCCC)C1(COc2cccc3c2C(N)=NS(=O)(=O)C3)CC1.C=C(NCCC)C1(COc2cccc3c2C(N)=NS(=O)(=O)C3)CC1.CC(=O)NCCCCCCOc1cccc2c1C(N)=NS(=O)(=O)C2.CC(C)(C)C(=O)N1CCC[C@@H]1COc1cccc2c1C(N)=NS(=O)(=O)C2.CC(C)(C)C(=O)NCCCCCCOc1cccc2c1C(N)=NS(=O)(=O)C2.CC(C)C(=O)N1CCC[C@@H]1COc1cccc2c1C(N)=NS(=O)(=O)C2. The molecule has 2 aliphatic carbocycles. The summed E-state index contributed by atoms with van der Waals surface area (Å²) in [5.41, 5.74) is 43.3. The molecule has 0 unspecified atom stereocenters. The molecule has 16 N–H and O–H groups in total. The molecule has 46 heteroatoms. The third-order valence-electron chi connectivity index (χ3n) is 26.1. The van der Waals surface area contributed by atoms with E-state index in [0.29, 0.717) is 154 Å². The number of carbonyl (C=O) groups is 4. The maximum atomic E-state index is 12.6. The normalized spacial score (nSPS) is 19.0. The van der Waals surface area contributed by atoms with Crippen LogP contribution in [0.15, 0.2) is 160 Å². The summed E-state index contributed by atoms with van der Waals surface area (Å²) < 4.78 is 198. The number of carbonyl (C=O) groups excluding carboxylic acids is 4. The highest BCUT2D eigenvalue weighted by Gasteiger charge is 2.49. The van der Waals surface area contributed by atoms with Gasteiger partial charge < -0.3 is 93.9 Å². The molecule has 16 rings (SSSR count). The molecule has 40 nitrogen and oxygen atoms in total. The molecule has 4 fully saturated rings. The van der Waals surface area contributed by atoms with Crippen molar-refractivity contribution in [3.63, 3.8) is 0 Å². The third kappa shape index (κ3) is 32.8. The molecule has 6 aromatic carbocycles. The van der Waals surface area contributed by atoms with E-state index in [0.717, 1.165) is 153 Å². The van der Waals surface area contributed by atoms with Gasteiger partial charge in [-0.15, -0.1) is 26.4 Å². The molecule has 820 valence electrons. The number of fused-ring (bicyclic) bond motifs is 6. The second-order valence-corrected chi connectivity index (χ2v) is 50.9. The highest BCUT2D eigenvalue weighted by Crippen LogP contribution is 2.52. The van der Waals surface area contributed by atoms with Crippen LogP contribution in [0.4, 0.5) is 0 Å². The van der Waals surface area contributed by atoms with Gasteiger partial charge in [0.1, 0.15) is 82.7 Å². The fourth-order valence-corrected chi connectivity index (χ4v) is 24.4. The van der Waals surface area contributed by atoms with Crippen molar-refractivity contribution >= 4 is 119 Å². The van der Waals surface area contributed by atoms with Crippen LogP contribution in [-0.2, 0) is 114 Å². The second kappa shape index (κ2) is 50.7. The minimum Gasteiger partial charge on any atom is -0.493 e. The van der Waals surface area contributed by atoms with Gasteiger partial charge >= 0.3 is 0 Å². The minimum absolute atomic E-state index is 0.000341. The number of hydrogen-bond donors (Lipinski definition) is 10. The molecule has 6 aromatic rings. The second-order valence-electron chi connectivity index (χ2n) is 41.1. The smallest absolute Gasteiger partial charge is 0.259 e. The van der Waals surface area contributed by atoms with Gasteiger partial charge in [-0.05, 0) is 160 Å². The van der Waals surface area contributed by atoms with Crippen molar-refractivity contribution in [3.05, 3.63) is 201 Å². The van der Waals surface area contributed by atoms with Gasteiger partial charge in [0, 0.05) is 85.2 Å². The number of hydrogen-bond acceptors (Lipinski definition) is 30. The van der Waals surface area contributed by atoms with E-state index in [1.165, 1.54) is 6.92 Å². The molecule has 2 atom stereocenters. The first-order valence-corrected chi connectivity index (χ1v) is 60.2. The molecular weight excluding hydrogens is 2050 g/mol. The number of likely N-dealkylation sites (tertiary alicyclic amines) is 2. The van der Waals surface area contributed by atoms with E-state index in [1.54, 1.807) is 109 Å². The number of amidine groups is 6. The van der Waals surface area contributed by atoms with Crippen LogP contribution in [0.5, 0.6) is 34.5 Å². The number of nitrogens with two attached hydrogens (primary N) is 6. The molecule has 8 heterocycles. The van der Waals surface area contributed by atoms with E-state index < -0.39 is 65.6 Å². The molecule has 4 amide bonds. The Morgan fingerprint density at radius 2 is 0.653 bits per heavy atom. The molecule has 8 aliphatic heterocycles. The van der Waals surface area contributed by atoms with E-state index in [1.807, 2.05) is 65.2 Å². The van der Waals surface area contributed by atoms with E-state index in [4.69, 9.17) is 62.8 Å². The summed E-state index contributed by atoms with van der Waals surface area (Å²) in [6.07, 6.45) is 17.5. The summed E-state index contributed by atoms with van der Waals surface area (Å²) in [4.78, 5) is 51.1. The van der Waals surface area contributed by atoms with Crippen LogP contribution in [0.25, 0.3) is 0 Å². The van der Waals surface area contributed by atoms with Crippen LogP contribution in [-0.4, -0.2) is 210 Å². The van der Waals surface area contributed by atoms with E-state index in [9.17, 15) is 69.7 Å². The number of benzene rings is 6. The number of ether oxygens (including phenoxy) is 6. The molecular formula is C104H146N18O22S6. The lowest BCUT2D eigenvalue weighted by Crippen LogP contribution is -2.44. The highest BCUT2D eigenvalue weighted by molar-refractivity contribution is 7.91. The molecule has 0 radical (unpaired) electrons. The molecule has 0 spiro atoms. The number of amides is 4. The van der Waals surface area contributed by atoms with Crippen LogP contribution < -0.4 is 84.1 Å². The lowest BCUT2D eigenvalue weighted by molar-refractivity contribution is -0.141. The van der Waals surface area contributed by atoms with Crippen molar-refractivity contribution in [3.8, 4) is 34.5 Å². The number of rotatable bonds is 37. The van der Waals surface area contributed by atoms with Crippen molar-refractivity contribution in [2.75, 3.05) is 78.9 Å². The number of nitrogens with one attached hydrogen (secondary N) is 4.